The van der Waals surface area contributed by atoms with Crippen LogP contribution in [0.4, 0.5) is 4.79 Å². The van der Waals surface area contributed by atoms with Gasteiger partial charge >= 0.3 is 6.03 Å². The smallest absolute Gasteiger partial charge is 0.333 e. The predicted molar refractivity (Wildman–Crippen MR) is 71.8 cm³/mol. The number of carbonyl (C=O) groups excluding carboxylic acids is 3. The molecule has 1 heterocycles. The minimum Gasteiger partial charge on any atom is -0.507 e. The molecule has 4 amide bonds. The number of carbonyl (C=O) groups is 3. The number of aryl methyl sites for hydroxylation is 1. The highest BCUT2D eigenvalue weighted by molar-refractivity contribution is 6.30. The zero-order valence-electron chi connectivity index (χ0n) is 11.4. The second kappa shape index (κ2) is 4.80. The molecule has 1 fully saturated rings. The Morgan fingerprint density at radius 1 is 1.05 bits per heavy atom. The fourth-order valence-corrected chi connectivity index (χ4v) is 1.91. The van der Waals surface area contributed by atoms with Crippen molar-refractivity contribution < 1.29 is 19.5 Å². The Bertz CT molecular complexity index is 623. The van der Waals surface area contributed by atoms with E-state index in [2.05, 4.69) is 0 Å². The van der Waals surface area contributed by atoms with Gasteiger partial charge in [0.2, 0.25) is 0 Å². The Morgan fingerprint density at radius 3 is 2.10 bits per heavy atom. The molecule has 1 aliphatic rings. The molecule has 1 N–H and O–H groups in total. The van der Waals surface area contributed by atoms with Crippen LogP contribution in [0.1, 0.15) is 11.1 Å². The van der Waals surface area contributed by atoms with Crippen LogP contribution in [0, 0.1) is 6.92 Å². The molecule has 0 unspecified atom stereocenters. The number of aromatic hydroxyl groups is 1. The summed E-state index contributed by atoms with van der Waals surface area (Å²) in [5.41, 5.74) is 1.05. The van der Waals surface area contributed by atoms with Gasteiger partial charge in [-0.3, -0.25) is 19.4 Å². The molecule has 0 saturated carbocycles. The minimum absolute atomic E-state index is 0.0275. The zero-order chi connectivity index (χ0) is 15.0. The summed E-state index contributed by atoms with van der Waals surface area (Å²) in [6.07, 6.45) is 1.29. The van der Waals surface area contributed by atoms with Crippen LogP contribution in [0.5, 0.6) is 5.75 Å². The van der Waals surface area contributed by atoms with Crippen LogP contribution < -0.4 is 0 Å². The first-order chi connectivity index (χ1) is 9.32. The van der Waals surface area contributed by atoms with E-state index in [4.69, 9.17) is 0 Å². The summed E-state index contributed by atoms with van der Waals surface area (Å²) in [6, 6.07) is 4.21. The maximum absolute atomic E-state index is 12.0. The normalized spacial score (nSPS) is 15.9. The van der Waals surface area contributed by atoms with Crippen LogP contribution in [0.3, 0.4) is 0 Å². The Balaban J connectivity index is 2.49. The number of likely N-dealkylation sites (N-methyl/N-ethyl adjacent to an activating group) is 2. The molecule has 6 nitrogen and oxygen atoms in total. The molecule has 0 aromatic heterocycles. The number of amides is 4. The third-order valence-corrected chi connectivity index (χ3v) is 3.13. The summed E-state index contributed by atoms with van der Waals surface area (Å²) in [5.74, 6) is -1.39. The highest BCUT2D eigenvalue weighted by Gasteiger charge is 2.37. The Kier molecular flexibility index (Phi) is 3.31. The van der Waals surface area contributed by atoms with Gasteiger partial charge in [-0.1, -0.05) is 12.1 Å². The predicted octanol–water partition coefficient (Wildman–Crippen LogP) is 1.13. The number of hydrogen-bond donors (Lipinski definition) is 1. The van der Waals surface area contributed by atoms with Crippen molar-refractivity contribution in [3.05, 3.63) is 34.9 Å². The second-order valence-electron chi connectivity index (χ2n) is 4.63. The van der Waals surface area contributed by atoms with E-state index >= 15 is 0 Å². The van der Waals surface area contributed by atoms with E-state index in [9.17, 15) is 19.5 Å². The lowest BCUT2D eigenvalue weighted by molar-refractivity contribution is -0.134. The van der Waals surface area contributed by atoms with Crippen molar-refractivity contribution in [3.8, 4) is 5.75 Å². The van der Waals surface area contributed by atoms with Crippen molar-refractivity contribution in [2.75, 3.05) is 14.1 Å². The molecule has 104 valence electrons. The summed E-state index contributed by atoms with van der Waals surface area (Å²) in [7, 11) is 2.60. The zero-order valence-corrected chi connectivity index (χ0v) is 11.4. The first-order valence-electron chi connectivity index (χ1n) is 5.94. The van der Waals surface area contributed by atoms with Crippen LogP contribution in [0.2, 0.25) is 0 Å². The van der Waals surface area contributed by atoms with Crippen LogP contribution >= 0.6 is 0 Å². The molecule has 1 aromatic rings. The largest absolute Gasteiger partial charge is 0.507 e. The van der Waals surface area contributed by atoms with E-state index in [0.717, 1.165) is 15.4 Å². The molecule has 20 heavy (non-hydrogen) atoms. The molecule has 0 aliphatic carbocycles. The monoisotopic (exact) mass is 274 g/mol. The quantitative estimate of drug-likeness (QED) is 0.615. The van der Waals surface area contributed by atoms with Gasteiger partial charge in [-0.2, -0.15) is 0 Å². The van der Waals surface area contributed by atoms with Crippen molar-refractivity contribution in [3.63, 3.8) is 0 Å². The van der Waals surface area contributed by atoms with Crippen LogP contribution in [-0.4, -0.2) is 46.8 Å². The summed E-state index contributed by atoms with van der Waals surface area (Å²) < 4.78 is 0. The van der Waals surface area contributed by atoms with Crippen molar-refractivity contribution >= 4 is 23.9 Å². The third-order valence-electron chi connectivity index (χ3n) is 3.13. The third kappa shape index (κ3) is 2.16. The van der Waals surface area contributed by atoms with E-state index in [0.29, 0.717) is 5.56 Å². The number of urea groups is 1. The molecule has 0 bridgehead atoms. The van der Waals surface area contributed by atoms with Crippen molar-refractivity contribution in [2.45, 2.75) is 6.92 Å². The van der Waals surface area contributed by atoms with Crippen LogP contribution in [-0.2, 0) is 9.59 Å². The van der Waals surface area contributed by atoms with Crippen molar-refractivity contribution in [1.29, 1.82) is 0 Å². The van der Waals surface area contributed by atoms with E-state index in [-0.39, 0.29) is 11.3 Å². The van der Waals surface area contributed by atoms with E-state index in [1.54, 1.807) is 12.1 Å². The molecule has 2 rings (SSSR count). The van der Waals surface area contributed by atoms with E-state index in [1.165, 1.54) is 26.2 Å². The standard InChI is InChI=1S/C14H14N2O4/c1-8-4-5-9(11(17)6-8)7-10-12(18)15(2)14(20)16(3)13(10)19/h4-7,17H,1-3H3. The molecule has 1 aliphatic heterocycles. The average molecular weight is 274 g/mol. The SMILES string of the molecule is Cc1ccc(C=C2C(=O)N(C)C(=O)N(C)C2=O)c(O)c1. The van der Waals surface area contributed by atoms with Gasteiger partial charge in [-0.15, -0.1) is 0 Å². The van der Waals surface area contributed by atoms with Crippen molar-refractivity contribution in [1.82, 2.24) is 9.80 Å². The maximum atomic E-state index is 12.0. The fourth-order valence-electron chi connectivity index (χ4n) is 1.91. The number of phenols is 1. The lowest BCUT2D eigenvalue weighted by atomic mass is 10.0. The van der Waals surface area contributed by atoms with E-state index in [1.807, 2.05) is 6.92 Å². The fraction of sp³-hybridized carbons (Fsp3) is 0.214. The summed E-state index contributed by atoms with van der Waals surface area (Å²) in [6.45, 7) is 1.81. The number of imide groups is 2. The molecule has 0 spiro atoms. The van der Waals surface area contributed by atoms with Crippen LogP contribution in [0.25, 0.3) is 6.08 Å². The maximum Gasteiger partial charge on any atom is 0.333 e. The first-order valence-corrected chi connectivity index (χ1v) is 5.94. The summed E-state index contributed by atoms with van der Waals surface area (Å²) in [4.78, 5) is 37.3. The highest BCUT2D eigenvalue weighted by atomic mass is 16.3. The van der Waals surface area contributed by atoms with Crippen molar-refractivity contribution in [2.24, 2.45) is 0 Å². The Morgan fingerprint density at radius 2 is 1.60 bits per heavy atom. The molecule has 1 aromatic carbocycles. The number of phenolic OH excluding ortho intramolecular Hbond substituents is 1. The lowest BCUT2D eigenvalue weighted by Crippen LogP contribution is -2.52. The highest BCUT2D eigenvalue weighted by Crippen LogP contribution is 2.24. The van der Waals surface area contributed by atoms with Gasteiger partial charge in [0.25, 0.3) is 11.8 Å². The second-order valence-corrected chi connectivity index (χ2v) is 4.63. The molecule has 1 saturated heterocycles. The van der Waals surface area contributed by atoms with Gasteiger partial charge in [-0.05, 0) is 24.6 Å². The van der Waals surface area contributed by atoms with Gasteiger partial charge in [0, 0.05) is 19.7 Å². The van der Waals surface area contributed by atoms with Gasteiger partial charge < -0.3 is 5.11 Å². The number of nitrogens with zero attached hydrogens (tertiary/aromatic N) is 2. The van der Waals surface area contributed by atoms with Gasteiger partial charge in [-0.25, -0.2) is 4.79 Å². The number of barbiturate groups is 1. The Hall–Kier alpha value is -2.63. The Labute approximate surface area is 115 Å². The number of rotatable bonds is 1. The van der Waals surface area contributed by atoms with Gasteiger partial charge in [0.15, 0.2) is 0 Å². The van der Waals surface area contributed by atoms with E-state index < -0.39 is 17.8 Å². The molecule has 0 radical (unpaired) electrons. The molecule has 0 atom stereocenters. The molecule has 6 heteroatoms. The number of benzene rings is 1. The number of hydrogen-bond acceptors (Lipinski definition) is 4. The van der Waals surface area contributed by atoms with Gasteiger partial charge in [0.1, 0.15) is 11.3 Å². The summed E-state index contributed by atoms with van der Waals surface area (Å²) in [5, 5.41) is 9.82. The summed E-state index contributed by atoms with van der Waals surface area (Å²) >= 11 is 0. The lowest BCUT2D eigenvalue weighted by Gasteiger charge is -2.28. The van der Waals surface area contributed by atoms with Crippen LogP contribution in [0.15, 0.2) is 23.8 Å². The average Bonchev–Trinajstić information content (AvgIpc) is 2.41. The minimum atomic E-state index is -0.682. The molecular formula is C14H14N2O4. The first kappa shape index (κ1) is 13.8. The molecular weight excluding hydrogens is 260 g/mol. The topological polar surface area (TPSA) is 77.9 Å². The van der Waals surface area contributed by atoms with Gasteiger partial charge in [0.05, 0.1) is 0 Å².